The molecular weight excluding hydrogens is 641 g/mol. The minimum atomic E-state index is 0.930. The second-order valence-electron chi connectivity index (χ2n) is 13.3. The van der Waals surface area contributed by atoms with E-state index in [0.29, 0.717) is 0 Å². The third-order valence-electron chi connectivity index (χ3n) is 10.1. The monoisotopic (exact) mass is 676 g/mol. The van der Waals surface area contributed by atoms with E-state index in [1.54, 1.807) is 0 Å². The number of para-hydroxylation sites is 8. The second-order valence-corrected chi connectivity index (χ2v) is 13.3. The van der Waals surface area contributed by atoms with Crippen molar-refractivity contribution in [3.05, 3.63) is 171 Å². The van der Waals surface area contributed by atoms with Crippen molar-refractivity contribution >= 4 is 44.1 Å². The van der Waals surface area contributed by atoms with Crippen molar-refractivity contribution in [3.63, 3.8) is 0 Å². The van der Waals surface area contributed by atoms with Crippen molar-refractivity contribution in [1.82, 2.24) is 28.2 Å². The molecule has 0 saturated carbocycles. The standard InChI is InChI=1S/C44H36N8/c1-3-19-39-37(17-1)45-29-49(39)33-13-11-15-35(27-33)51-31-47(41-21-5-7-23-43(41)51)25-9-10-26-48-32-52(44-24-8-6-22-42(44)48)36-16-12-14-34(28-36)50-30-46-38-18-2-4-20-40(38)50/h1-8,11-24,27-32H,9-10,25-26H2/q+2. The first-order chi connectivity index (χ1) is 25.8. The quantitative estimate of drug-likeness (QED) is 0.114. The van der Waals surface area contributed by atoms with Gasteiger partial charge in [-0.15, -0.1) is 0 Å². The van der Waals surface area contributed by atoms with E-state index in [1.807, 2.05) is 24.8 Å². The summed E-state index contributed by atoms with van der Waals surface area (Å²) >= 11 is 0. The largest absolute Gasteiger partial charge is 0.299 e. The molecule has 0 bridgehead atoms. The van der Waals surface area contributed by atoms with Gasteiger partial charge in [-0.2, -0.15) is 9.13 Å². The smallest absolute Gasteiger partial charge is 0.249 e. The average molecular weight is 677 g/mol. The van der Waals surface area contributed by atoms with Gasteiger partial charge in [-0.1, -0.05) is 60.7 Å². The summed E-state index contributed by atoms with van der Waals surface area (Å²) in [6.07, 6.45) is 10.4. The number of aryl methyl sites for hydroxylation is 2. The van der Waals surface area contributed by atoms with Crippen LogP contribution in [-0.4, -0.2) is 28.2 Å². The number of nitrogens with zero attached hydrogens (tertiary/aromatic N) is 8. The van der Waals surface area contributed by atoms with Crippen molar-refractivity contribution < 1.29 is 9.13 Å². The topological polar surface area (TPSA) is 53.3 Å². The molecule has 8 heteroatoms. The normalized spacial score (nSPS) is 11.8. The van der Waals surface area contributed by atoms with Gasteiger partial charge in [-0.3, -0.25) is 9.13 Å². The third-order valence-corrected chi connectivity index (χ3v) is 10.1. The van der Waals surface area contributed by atoms with E-state index in [9.17, 15) is 0 Å². The van der Waals surface area contributed by atoms with Gasteiger partial charge in [-0.05, 0) is 85.6 Å². The molecule has 0 aliphatic heterocycles. The van der Waals surface area contributed by atoms with Crippen molar-refractivity contribution in [2.45, 2.75) is 25.9 Å². The summed E-state index contributed by atoms with van der Waals surface area (Å²) in [5, 5.41) is 0. The van der Waals surface area contributed by atoms with Gasteiger partial charge < -0.3 is 0 Å². The van der Waals surface area contributed by atoms with Gasteiger partial charge in [0.25, 0.3) is 0 Å². The molecule has 250 valence electrons. The van der Waals surface area contributed by atoms with Crippen LogP contribution >= 0.6 is 0 Å². The molecule has 4 heterocycles. The molecule has 8 nitrogen and oxygen atoms in total. The maximum Gasteiger partial charge on any atom is 0.249 e. The lowest BCUT2D eigenvalue weighted by Crippen LogP contribution is -2.35. The van der Waals surface area contributed by atoms with Crippen LogP contribution in [0.3, 0.4) is 0 Å². The molecule has 4 aromatic heterocycles. The first kappa shape index (κ1) is 30.1. The number of fused-ring (bicyclic) bond motifs is 4. The maximum atomic E-state index is 4.62. The van der Waals surface area contributed by atoms with Gasteiger partial charge in [-0.25, -0.2) is 19.1 Å². The Morgan fingerprint density at radius 3 is 1.23 bits per heavy atom. The Morgan fingerprint density at radius 2 is 0.769 bits per heavy atom. The van der Waals surface area contributed by atoms with Crippen LogP contribution in [-0.2, 0) is 13.1 Å². The van der Waals surface area contributed by atoms with Crippen LogP contribution in [0.1, 0.15) is 12.8 Å². The number of hydrogen-bond donors (Lipinski definition) is 0. The molecule has 0 spiro atoms. The molecule has 10 rings (SSSR count). The minimum Gasteiger partial charge on any atom is -0.299 e. The fourth-order valence-corrected chi connectivity index (χ4v) is 7.60. The molecule has 10 aromatic rings. The van der Waals surface area contributed by atoms with E-state index in [2.05, 4.69) is 183 Å². The van der Waals surface area contributed by atoms with Crippen molar-refractivity contribution in [3.8, 4) is 22.7 Å². The van der Waals surface area contributed by atoms with E-state index in [4.69, 9.17) is 0 Å². The zero-order valence-corrected chi connectivity index (χ0v) is 28.6. The lowest BCUT2D eigenvalue weighted by Gasteiger charge is -2.06. The van der Waals surface area contributed by atoms with Crippen molar-refractivity contribution in [2.24, 2.45) is 0 Å². The number of hydrogen-bond acceptors (Lipinski definition) is 2. The number of imidazole rings is 4. The van der Waals surface area contributed by atoms with E-state index in [0.717, 1.165) is 70.7 Å². The van der Waals surface area contributed by atoms with Gasteiger partial charge in [0.15, 0.2) is 22.1 Å². The molecule has 0 unspecified atom stereocenters. The third kappa shape index (κ3) is 5.15. The lowest BCUT2D eigenvalue weighted by atomic mass is 10.2. The summed E-state index contributed by atoms with van der Waals surface area (Å²) in [6, 6.07) is 51.3. The van der Waals surface area contributed by atoms with Crippen LogP contribution in [0.15, 0.2) is 171 Å². The Balaban J connectivity index is 0.901. The Morgan fingerprint density at radius 1 is 0.385 bits per heavy atom. The van der Waals surface area contributed by atoms with Gasteiger partial charge >= 0.3 is 0 Å². The summed E-state index contributed by atoms with van der Waals surface area (Å²) in [6.45, 7) is 1.86. The van der Waals surface area contributed by atoms with Gasteiger partial charge in [0.1, 0.15) is 24.0 Å². The molecule has 0 atom stereocenters. The molecule has 0 radical (unpaired) electrons. The van der Waals surface area contributed by atoms with Gasteiger partial charge in [0.05, 0.1) is 46.5 Å². The molecule has 0 aliphatic carbocycles. The average Bonchev–Trinajstić information content (AvgIpc) is 4.00. The Hall–Kier alpha value is -6.80. The molecule has 0 N–H and O–H groups in total. The van der Waals surface area contributed by atoms with Gasteiger partial charge in [0, 0.05) is 12.1 Å². The van der Waals surface area contributed by atoms with Crippen molar-refractivity contribution in [1.29, 1.82) is 0 Å². The molecule has 0 aliphatic rings. The van der Waals surface area contributed by atoms with Crippen LogP contribution in [0.2, 0.25) is 0 Å². The summed E-state index contributed by atoms with van der Waals surface area (Å²) in [4.78, 5) is 9.23. The second kappa shape index (κ2) is 12.5. The number of rotatable bonds is 9. The Bertz CT molecular complexity index is 2690. The SMILES string of the molecule is c1cc(-n2cnc3ccccc32)cc(-n2c[n+](CCCC[n+]3cn(-c4cccc(-n5cnc6ccccc65)c4)c4ccccc43)c3ccccc32)c1. The predicted molar refractivity (Wildman–Crippen MR) is 205 cm³/mol. The minimum absolute atomic E-state index is 0.930. The summed E-state index contributed by atoms with van der Waals surface area (Å²) in [5.41, 5.74) is 13.5. The molecule has 0 fully saturated rings. The highest BCUT2D eigenvalue weighted by Crippen LogP contribution is 2.25. The van der Waals surface area contributed by atoms with E-state index in [1.165, 1.54) is 22.1 Å². The number of benzene rings is 6. The summed E-state index contributed by atoms with van der Waals surface area (Å²) < 4.78 is 13.7. The molecule has 52 heavy (non-hydrogen) atoms. The first-order valence-electron chi connectivity index (χ1n) is 17.8. The van der Waals surface area contributed by atoms with Crippen LogP contribution in [0.5, 0.6) is 0 Å². The highest BCUT2D eigenvalue weighted by Gasteiger charge is 2.20. The van der Waals surface area contributed by atoms with Gasteiger partial charge in [0.2, 0.25) is 12.7 Å². The first-order valence-corrected chi connectivity index (χ1v) is 17.8. The zero-order chi connectivity index (χ0) is 34.4. The molecule has 0 amide bonds. The van der Waals surface area contributed by atoms with Crippen molar-refractivity contribution in [2.75, 3.05) is 0 Å². The van der Waals surface area contributed by atoms with Crippen LogP contribution in [0.4, 0.5) is 0 Å². The molecular formula is C44H36N8+2. The van der Waals surface area contributed by atoms with Crippen LogP contribution in [0.25, 0.3) is 66.9 Å². The van der Waals surface area contributed by atoms with Crippen LogP contribution < -0.4 is 9.13 Å². The Kier molecular flexibility index (Phi) is 7.23. The molecule has 6 aromatic carbocycles. The fourth-order valence-electron chi connectivity index (χ4n) is 7.60. The van der Waals surface area contributed by atoms with E-state index < -0.39 is 0 Å². The van der Waals surface area contributed by atoms with E-state index in [-0.39, 0.29) is 0 Å². The Labute approximate surface area is 300 Å². The maximum absolute atomic E-state index is 4.62. The summed E-state index contributed by atoms with van der Waals surface area (Å²) in [5.74, 6) is 0. The predicted octanol–water partition coefficient (Wildman–Crippen LogP) is 8.31. The van der Waals surface area contributed by atoms with E-state index >= 15 is 0 Å². The zero-order valence-electron chi connectivity index (χ0n) is 28.6. The fraction of sp³-hybridized carbons (Fsp3) is 0.0909. The molecule has 0 saturated heterocycles. The lowest BCUT2D eigenvalue weighted by molar-refractivity contribution is -0.683. The highest BCUT2D eigenvalue weighted by molar-refractivity contribution is 5.79. The number of aromatic nitrogens is 8. The number of unbranched alkanes of at least 4 members (excludes halogenated alkanes) is 1. The highest BCUT2D eigenvalue weighted by atomic mass is 15.2. The summed E-state index contributed by atoms with van der Waals surface area (Å²) in [7, 11) is 0. The van der Waals surface area contributed by atoms with Crippen LogP contribution in [0, 0.1) is 0 Å².